The maximum atomic E-state index is 12.6. The van der Waals surface area contributed by atoms with Gasteiger partial charge in [-0.05, 0) is 29.7 Å². The van der Waals surface area contributed by atoms with Gasteiger partial charge < -0.3 is 29.6 Å². The second-order valence-corrected chi connectivity index (χ2v) is 11.1. The lowest BCUT2D eigenvalue weighted by atomic mass is 9.75. The molecule has 1 atom stereocenters. The molecule has 1 aromatic carbocycles. The first-order valence-electron chi connectivity index (χ1n) is 12.7. The van der Waals surface area contributed by atoms with E-state index in [0.717, 1.165) is 24.5 Å². The number of esters is 2. The molecule has 0 saturated heterocycles. The van der Waals surface area contributed by atoms with E-state index in [2.05, 4.69) is 51.8 Å². The minimum atomic E-state index is -0.753. The fourth-order valence-electron chi connectivity index (χ4n) is 4.58. The minimum Gasteiger partial charge on any atom is -0.464 e. The molecule has 1 aliphatic carbocycles. The van der Waals surface area contributed by atoms with Crippen molar-refractivity contribution in [3.05, 3.63) is 36.4 Å². The Morgan fingerprint density at radius 1 is 1.00 bits per heavy atom. The molecule has 0 aromatic heterocycles. The van der Waals surface area contributed by atoms with Crippen molar-refractivity contribution in [1.29, 1.82) is 0 Å². The van der Waals surface area contributed by atoms with Gasteiger partial charge in [0.25, 0.3) is 0 Å². The van der Waals surface area contributed by atoms with Crippen molar-refractivity contribution >= 4 is 24.1 Å². The van der Waals surface area contributed by atoms with E-state index in [0.29, 0.717) is 0 Å². The molecule has 1 fully saturated rings. The first-order chi connectivity index (χ1) is 17.7. The monoisotopic (exact) mass is 532 g/mol. The third-order valence-corrected chi connectivity index (χ3v) is 6.33. The highest BCUT2D eigenvalue weighted by Crippen LogP contribution is 2.69. The summed E-state index contributed by atoms with van der Waals surface area (Å²) in [5.41, 5.74) is 0.619. The summed E-state index contributed by atoms with van der Waals surface area (Å²) in [4.78, 5) is 47.3. The van der Waals surface area contributed by atoms with Crippen LogP contribution in [0.4, 0.5) is 9.59 Å². The predicted octanol–water partition coefficient (Wildman–Crippen LogP) is 4.65. The second kappa shape index (κ2) is 12.8. The van der Waals surface area contributed by atoms with Crippen LogP contribution in [0, 0.1) is 10.8 Å². The fraction of sp³-hybridized carbons (Fsp3) is 0.571. The number of carbonyl (C=O) groups is 4. The van der Waals surface area contributed by atoms with Crippen LogP contribution in [-0.4, -0.2) is 50.4 Å². The van der Waals surface area contributed by atoms with E-state index in [1.807, 2.05) is 6.07 Å². The van der Waals surface area contributed by atoms with Crippen molar-refractivity contribution in [3.8, 4) is 11.5 Å². The molecule has 1 unspecified atom stereocenters. The molecule has 0 aliphatic heterocycles. The zero-order valence-corrected chi connectivity index (χ0v) is 23.2. The van der Waals surface area contributed by atoms with Crippen molar-refractivity contribution in [3.63, 3.8) is 0 Å². The van der Waals surface area contributed by atoms with Gasteiger partial charge in [-0.2, -0.15) is 0 Å². The predicted molar refractivity (Wildman–Crippen MR) is 141 cm³/mol. The third-order valence-electron chi connectivity index (χ3n) is 6.33. The first kappa shape index (κ1) is 30.7. The number of ether oxygens (including phenoxy) is 4. The molecule has 0 heterocycles. The number of benzene rings is 1. The highest BCUT2D eigenvalue weighted by atomic mass is 16.6. The Bertz CT molecular complexity index is 1040. The molecule has 0 radical (unpaired) electrons. The van der Waals surface area contributed by atoms with Gasteiger partial charge in [-0.15, -0.1) is 0 Å². The van der Waals surface area contributed by atoms with E-state index in [4.69, 9.17) is 18.9 Å². The number of hydrogen-bond donors (Lipinski definition) is 2. The van der Waals surface area contributed by atoms with Crippen LogP contribution in [0.3, 0.4) is 0 Å². The van der Waals surface area contributed by atoms with E-state index < -0.39 is 18.2 Å². The van der Waals surface area contributed by atoms with E-state index in [1.165, 1.54) is 6.07 Å². The fourth-order valence-corrected chi connectivity index (χ4v) is 4.58. The molecule has 38 heavy (non-hydrogen) atoms. The number of carbonyl (C=O) groups excluding carboxylic acids is 4. The van der Waals surface area contributed by atoms with Crippen molar-refractivity contribution in [1.82, 2.24) is 10.6 Å². The van der Waals surface area contributed by atoms with Gasteiger partial charge in [-0.1, -0.05) is 54.2 Å². The average Bonchev–Trinajstić information content (AvgIpc) is 3.37. The van der Waals surface area contributed by atoms with Gasteiger partial charge in [0.05, 0.1) is 13.1 Å². The van der Waals surface area contributed by atoms with Crippen LogP contribution >= 0.6 is 0 Å². The van der Waals surface area contributed by atoms with E-state index in [-0.39, 0.29) is 66.4 Å². The Kier molecular flexibility index (Phi) is 10.3. The van der Waals surface area contributed by atoms with E-state index in [9.17, 15) is 19.2 Å². The number of hydrogen-bond acceptors (Lipinski definition) is 8. The average molecular weight is 533 g/mol. The van der Waals surface area contributed by atoms with Gasteiger partial charge in [-0.25, -0.2) is 14.4 Å². The number of rotatable bonds is 12. The topological polar surface area (TPSA) is 129 Å². The van der Waals surface area contributed by atoms with Gasteiger partial charge >= 0.3 is 24.1 Å². The molecule has 1 aliphatic rings. The molecule has 0 spiro atoms. The quantitative estimate of drug-likeness (QED) is 0.226. The van der Waals surface area contributed by atoms with Crippen molar-refractivity contribution in [2.75, 3.05) is 26.3 Å². The molecule has 1 saturated carbocycles. The van der Waals surface area contributed by atoms with Crippen molar-refractivity contribution in [2.45, 2.75) is 66.2 Å². The Morgan fingerprint density at radius 2 is 1.58 bits per heavy atom. The van der Waals surface area contributed by atoms with Gasteiger partial charge in [0.1, 0.15) is 24.7 Å². The summed E-state index contributed by atoms with van der Waals surface area (Å²) >= 11 is 0. The summed E-state index contributed by atoms with van der Waals surface area (Å²) < 4.78 is 20.9. The molecule has 0 bridgehead atoms. The van der Waals surface area contributed by atoms with E-state index in [1.54, 1.807) is 13.0 Å². The third kappa shape index (κ3) is 8.78. The summed E-state index contributed by atoms with van der Waals surface area (Å²) in [6, 6.07) is 5.02. The highest BCUT2D eigenvalue weighted by molar-refractivity contribution is 5.81. The lowest BCUT2D eigenvalue weighted by Crippen LogP contribution is -2.32. The van der Waals surface area contributed by atoms with Crippen LogP contribution in [0.25, 0.3) is 0 Å². The van der Waals surface area contributed by atoms with Crippen LogP contribution in [0.1, 0.15) is 66.4 Å². The minimum absolute atomic E-state index is 0.0144. The summed E-state index contributed by atoms with van der Waals surface area (Å²) in [5.74, 6) is -0.484. The molecule has 2 N–H and O–H groups in total. The standard InChI is InChI=1S/C28H40N2O8/c1-8-22(31)35-14-12-29-24(33)37-19-10-11-20(28(17-26(3,4)5)18-27(28,6)7)21(16-19)38-25(34)30-13-15-36-23(32)9-2/h8,10-11,16H,1,9,12-15,17-18H2,2-7H3,(H,29,33)(H,30,34). The van der Waals surface area contributed by atoms with Gasteiger partial charge in [0.2, 0.25) is 0 Å². The lowest BCUT2D eigenvalue weighted by Gasteiger charge is -2.30. The maximum Gasteiger partial charge on any atom is 0.412 e. The van der Waals surface area contributed by atoms with Crippen LogP contribution in [0.2, 0.25) is 0 Å². The van der Waals surface area contributed by atoms with Crippen LogP contribution < -0.4 is 20.1 Å². The molecule has 10 heteroatoms. The van der Waals surface area contributed by atoms with Gasteiger partial charge in [-0.3, -0.25) is 4.79 Å². The highest BCUT2D eigenvalue weighted by Gasteiger charge is 2.63. The Balaban J connectivity index is 2.19. The molecular formula is C28H40N2O8. The first-order valence-corrected chi connectivity index (χ1v) is 12.7. The lowest BCUT2D eigenvalue weighted by molar-refractivity contribution is -0.143. The van der Waals surface area contributed by atoms with Gasteiger partial charge in [0, 0.05) is 29.5 Å². The summed E-state index contributed by atoms with van der Waals surface area (Å²) in [6.07, 6.45) is 1.59. The van der Waals surface area contributed by atoms with Crippen LogP contribution in [0.15, 0.2) is 30.9 Å². The SMILES string of the molecule is C=CC(=O)OCCNC(=O)Oc1ccc(C2(CC(C)(C)C)CC2(C)C)c(OC(=O)NCCOC(=O)CC)c1. The maximum absolute atomic E-state index is 12.6. The van der Waals surface area contributed by atoms with Crippen molar-refractivity contribution in [2.24, 2.45) is 10.8 Å². The smallest absolute Gasteiger partial charge is 0.412 e. The summed E-state index contributed by atoms with van der Waals surface area (Å²) in [7, 11) is 0. The molecular weight excluding hydrogens is 492 g/mol. The second-order valence-electron chi connectivity index (χ2n) is 11.1. The molecule has 2 rings (SSSR count). The molecule has 2 amide bonds. The Morgan fingerprint density at radius 3 is 2.11 bits per heavy atom. The largest absolute Gasteiger partial charge is 0.464 e. The zero-order valence-electron chi connectivity index (χ0n) is 23.2. The normalized spacial score (nSPS) is 17.5. The zero-order chi connectivity index (χ0) is 28.6. The van der Waals surface area contributed by atoms with Gasteiger partial charge in [0.15, 0.2) is 0 Å². The molecule has 10 nitrogen and oxygen atoms in total. The molecule has 1 aromatic rings. The summed E-state index contributed by atoms with van der Waals surface area (Å²) in [6.45, 7) is 16.0. The van der Waals surface area contributed by atoms with Crippen molar-refractivity contribution < 1.29 is 38.1 Å². The van der Waals surface area contributed by atoms with E-state index >= 15 is 0 Å². The van der Waals surface area contributed by atoms with Crippen LogP contribution in [-0.2, 0) is 24.5 Å². The van der Waals surface area contributed by atoms with Crippen LogP contribution in [0.5, 0.6) is 11.5 Å². The summed E-state index contributed by atoms with van der Waals surface area (Å²) in [5, 5.41) is 5.07. The number of nitrogens with one attached hydrogen (secondary N) is 2. The Labute approximate surface area is 224 Å². The number of amides is 2. The molecule has 210 valence electrons. The Hall–Kier alpha value is -3.56.